The Morgan fingerprint density at radius 2 is 2.37 bits per heavy atom. The van der Waals surface area contributed by atoms with Crippen LogP contribution in [0.2, 0.25) is 0 Å². The fraction of sp³-hybridized carbons (Fsp3) is 0.769. The zero-order valence-electron chi connectivity index (χ0n) is 11.5. The minimum Gasteiger partial charge on any atom is -0.481 e. The highest BCUT2D eigenvalue weighted by Crippen LogP contribution is 2.25. The van der Waals surface area contributed by atoms with Crippen molar-refractivity contribution in [3.8, 4) is 0 Å². The smallest absolute Gasteiger partial charge is 0.308 e. The van der Waals surface area contributed by atoms with Crippen molar-refractivity contribution in [3.05, 3.63) is 11.7 Å². The molecule has 2 heterocycles. The molecular weight excluding hydrogens is 246 g/mol. The molecule has 2 rings (SSSR count). The van der Waals surface area contributed by atoms with Gasteiger partial charge in [-0.3, -0.25) is 9.69 Å². The summed E-state index contributed by atoms with van der Waals surface area (Å²) in [5, 5.41) is 13.0. The third kappa shape index (κ3) is 3.32. The molecule has 0 aromatic carbocycles. The molecule has 106 valence electrons. The lowest BCUT2D eigenvalue weighted by molar-refractivity contribution is -0.142. The van der Waals surface area contributed by atoms with Crippen LogP contribution in [0.1, 0.15) is 44.8 Å². The number of nitrogens with zero attached hydrogens (tertiary/aromatic N) is 3. The largest absolute Gasteiger partial charge is 0.481 e. The second-order valence-electron chi connectivity index (χ2n) is 5.15. The Labute approximate surface area is 112 Å². The van der Waals surface area contributed by atoms with Crippen LogP contribution >= 0.6 is 0 Å². The lowest BCUT2D eigenvalue weighted by atomic mass is 10.0. The molecule has 6 nitrogen and oxygen atoms in total. The summed E-state index contributed by atoms with van der Waals surface area (Å²) in [6, 6.07) is 0.0171. The van der Waals surface area contributed by atoms with Gasteiger partial charge in [-0.2, -0.15) is 4.98 Å². The van der Waals surface area contributed by atoms with E-state index in [0.29, 0.717) is 18.9 Å². The average Bonchev–Trinajstić information content (AvgIpc) is 2.95. The molecule has 6 heteroatoms. The predicted molar refractivity (Wildman–Crippen MR) is 68.5 cm³/mol. The van der Waals surface area contributed by atoms with Crippen molar-refractivity contribution < 1.29 is 14.4 Å². The number of rotatable bonds is 6. The van der Waals surface area contributed by atoms with Gasteiger partial charge in [-0.05, 0) is 26.3 Å². The maximum Gasteiger partial charge on any atom is 0.308 e. The maximum atomic E-state index is 11.1. The molecule has 1 aromatic rings. The molecule has 0 radical (unpaired) electrons. The first-order chi connectivity index (χ1) is 9.11. The minimum absolute atomic E-state index is 0.0171. The van der Waals surface area contributed by atoms with E-state index in [-0.39, 0.29) is 12.0 Å². The number of unbranched alkanes of at least 4 members (excludes halogenated alkanes) is 1. The van der Waals surface area contributed by atoms with Crippen LogP contribution in [-0.4, -0.2) is 38.7 Å². The fourth-order valence-electron chi connectivity index (χ4n) is 2.52. The normalized spacial score (nSPS) is 23.9. The van der Waals surface area contributed by atoms with Crippen molar-refractivity contribution in [1.29, 1.82) is 0 Å². The van der Waals surface area contributed by atoms with Gasteiger partial charge in [0, 0.05) is 12.5 Å². The molecule has 2 atom stereocenters. The molecule has 0 saturated carbocycles. The molecule has 0 amide bonds. The monoisotopic (exact) mass is 267 g/mol. The van der Waals surface area contributed by atoms with Crippen LogP contribution in [0, 0.1) is 5.92 Å². The van der Waals surface area contributed by atoms with Crippen molar-refractivity contribution in [2.24, 2.45) is 5.92 Å². The van der Waals surface area contributed by atoms with Gasteiger partial charge in [0.2, 0.25) is 5.89 Å². The molecule has 0 spiro atoms. The molecule has 1 aliphatic rings. The summed E-state index contributed by atoms with van der Waals surface area (Å²) in [5.41, 5.74) is 0. The Kier molecular flexibility index (Phi) is 4.52. The first kappa shape index (κ1) is 14.0. The van der Waals surface area contributed by atoms with Crippen molar-refractivity contribution in [1.82, 2.24) is 15.0 Å². The topological polar surface area (TPSA) is 79.5 Å². The fourth-order valence-corrected chi connectivity index (χ4v) is 2.52. The third-order valence-electron chi connectivity index (χ3n) is 3.81. The van der Waals surface area contributed by atoms with E-state index in [1.807, 2.05) is 6.92 Å². The van der Waals surface area contributed by atoms with Crippen molar-refractivity contribution in [2.75, 3.05) is 6.54 Å². The van der Waals surface area contributed by atoms with E-state index < -0.39 is 5.97 Å². The van der Waals surface area contributed by atoms with Crippen LogP contribution in [0.25, 0.3) is 0 Å². The zero-order chi connectivity index (χ0) is 13.8. The molecule has 19 heavy (non-hydrogen) atoms. The molecular formula is C13H21N3O3. The average molecular weight is 267 g/mol. The maximum absolute atomic E-state index is 11.1. The second kappa shape index (κ2) is 6.14. The number of aromatic nitrogens is 2. The highest BCUT2D eigenvalue weighted by molar-refractivity contribution is 5.71. The number of carboxylic acid groups (broad SMARTS) is 1. The summed E-state index contributed by atoms with van der Waals surface area (Å²) in [4.78, 5) is 17.5. The number of hydrogen-bond donors (Lipinski definition) is 1. The van der Waals surface area contributed by atoms with Gasteiger partial charge < -0.3 is 9.63 Å². The van der Waals surface area contributed by atoms with Gasteiger partial charge in [0.1, 0.15) is 0 Å². The molecule has 1 aromatic heterocycles. The molecule has 1 fully saturated rings. The highest BCUT2D eigenvalue weighted by Gasteiger charge is 2.36. The first-order valence-electron chi connectivity index (χ1n) is 6.90. The van der Waals surface area contributed by atoms with Gasteiger partial charge >= 0.3 is 5.97 Å². The van der Waals surface area contributed by atoms with E-state index >= 15 is 0 Å². The summed E-state index contributed by atoms with van der Waals surface area (Å²) in [5.74, 6) is 0.328. The molecule has 2 unspecified atom stereocenters. The van der Waals surface area contributed by atoms with Crippen molar-refractivity contribution in [2.45, 2.75) is 52.1 Å². The van der Waals surface area contributed by atoms with Crippen LogP contribution < -0.4 is 0 Å². The molecule has 1 saturated heterocycles. The van der Waals surface area contributed by atoms with Crippen LogP contribution in [0.4, 0.5) is 0 Å². The van der Waals surface area contributed by atoms with Crippen LogP contribution in [0.5, 0.6) is 0 Å². The third-order valence-corrected chi connectivity index (χ3v) is 3.81. The summed E-state index contributed by atoms with van der Waals surface area (Å²) in [6.07, 6.45) is 3.69. The van der Waals surface area contributed by atoms with E-state index in [2.05, 4.69) is 22.0 Å². The van der Waals surface area contributed by atoms with Crippen LogP contribution in [0.15, 0.2) is 4.52 Å². The number of likely N-dealkylation sites (tertiary alicyclic amines) is 1. The number of hydrogen-bond acceptors (Lipinski definition) is 5. The Balaban J connectivity index is 1.91. The van der Waals surface area contributed by atoms with Gasteiger partial charge in [0.25, 0.3) is 0 Å². The van der Waals surface area contributed by atoms with Crippen molar-refractivity contribution in [3.63, 3.8) is 0 Å². The van der Waals surface area contributed by atoms with Gasteiger partial charge in [-0.15, -0.1) is 0 Å². The highest BCUT2D eigenvalue weighted by atomic mass is 16.5. The van der Waals surface area contributed by atoms with Gasteiger partial charge in [-0.25, -0.2) is 0 Å². The molecule has 1 N–H and O–H groups in total. The van der Waals surface area contributed by atoms with Crippen LogP contribution in [0.3, 0.4) is 0 Å². The summed E-state index contributed by atoms with van der Waals surface area (Å²) in [6.45, 7) is 5.38. The predicted octanol–water partition coefficient (Wildman–Crippen LogP) is 1.71. The molecule has 1 aliphatic heterocycles. The summed E-state index contributed by atoms with van der Waals surface area (Å²) in [7, 11) is 0. The van der Waals surface area contributed by atoms with Gasteiger partial charge in [0.15, 0.2) is 5.82 Å². The van der Waals surface area contributed by atoms with E-state index in [1.54, 1.807) is 0 Å². The first-order valence-corrected chi connectivity index (χ1v) is 6.90. The van der Waals surface area contributed by atoms with Crippen LogP contribution in [-0.2, 0) is 17.8 Å². The number of carbonyl (C=O) groups is 1. The summed E-state index contributed by atoms with van der Waals surface area (Å²) < 4.78 is 5.22. The Morgan fingerprint density at radius 1 is 1.58 bits per heavy atom. The zero-order valence-corrected chi connectivity index (χ0v) is 11.5. The van der Waals surface area contributed by atoms with E-state index in [4.69, 9.17) is 9.63 Å². The number of aryl methyl sites for hydroxylation is 1. The number of carboxylic acids is 1. The lowest BCUT2D eigenvalue weighted by Gasteiger charge is -2.20. The van der Waals surface area contributed by atoms with E-state index in [0.717, 1.165) is 31.6 Å². The summed E-state index contributed by atoms with van der Waals surface area (Å²) >= 11 is 0. The van der Waals surface area contributed by atoms with Crippen molar-refractivity contribution >= 4 is 5.97 Å². The van der Waals surface area contributed by atoms with E-state index in [9.17, 15) is 4.79 Å². The lowest BCUT2D eigenvalue weighted by Crippen LogP contribution is -2.32. The molecule has 0 aliphatic carbocycles. The minimum atomic E-state index is -0.718. The second-order valence-corrected chi connectivity index (χ2v) is 5.15. The number of aliphatic carboxylic acids is 1. The van der Waals surface area contributed by atoms with Gasteiger partial charge in [-0.1, -0.05) is 18.5 Å². The standard InChI is InChI=1S/C13H21N3O3/c1-3-4-5-11-14-12(19-15-11)8-16-7-6-10(9(16)2)13(17)18/h9-10H,3-8H2,1-2H3,(H,17,18). The SMILES string of the molecule is CCCCc1noc(CN2CCC(C(=O)O)C2C)n1. The quantitative estimate of drug-likeness (QED) is 0.845. The Morgan fingerprint density at radius 3 is 3.00 bits per heavy atom. The van der Waals surface area contributed by atoms with E-state index in [1.165, 1.54) is 0 Å². The Hall–Kier alpha value is -1.43. The van der Waals surface area contributed by atoms with Gasteiger partial charge in [0.05, 0.1) is 12.5 Å². The Bertz CT molecular complexity index is 433. The molecule has 0 bridgehead atoms.